The van der Waals surface area contributed by atoms with Gasteiger partial charge in [0, 0.05) is 6.04 Å². The molecule has 1 aromatic carbocycles. The molecule has 1 aromatic rings. The summed E-state index contributed by atoms with van der Waals surface area (Å²) in [6.07, 6.45) is 3.97. The summed E-state index contributed by atoms with van der Waals surface area (Å²) >= 11 is 0. The summed E-state index contributed by atoms with van der Waals surface area (Å²) in [4.78, 5) is 2.37. The molecule has 2 nitrogen and oxygen atoms in total. The number of rotatable bonds is 5. The van der Waals surface area contributed by atoms with Crippen molar-refractivity contribution >= 4 is 0 Å². The highest BCUT2D eigenvalue weighted by molar-refractivity contribution is 5.20. The molecule has 100 valence electrons. The van der Waals surface area contributed by atoms with Crippen molar-refractivity contribution in [1.29, 1.82) is 0 Å². The molecule has 0 aromatic heterocycles. The summed E-state index contributed by atoms with van der Waals surface area (Å²) in [6.45, 7) is 4.28. The molecule has 0 amide bonds. The van der Waals surface area contributed by atoms with Gasteiger partial charge in [-0.25, -0.2) is 4.39 Å². The maximum atomic E-state index is 12.9. The molecule has 1 saturated heterocycles. The van der Waals surface area contributed by atoms with E-state index in [-0.39, 0.29) is 11.9 Å². The molecule has 0 spiro atoms. The topological polar surface area (TPSA) is 23.5 Å². The average molecular weight is 251 g/mol. The molecule has 1 N–H and O–H groups in total. The molecule has 2 atom stereocenters. The van der Waals surface area contributed by atoms with Crippen LogP contribution in [0.4, 0.5) is 4.39 Å². The van der Waals surface area contributed by atoms with E-state index in [0.717, 1.165) is 31.5 Å². The van der Waals surface area contributed by atoms with Gasteiger partial charge >= 0.3 is 0 Å². The molecule has 1 fully saturated rings. The second kappa shape index (κ2) is 6.30. The summed E-state index contributed by atoms with van der Waals surface area (Å²) in [5.74, 6) is -0.251. The fraction of sp³-hybridized carbons (Fsp3) is 0.600. The number of hydrogen-bond acceptors (Lipinski definition) is 2. The van der Waals surface area contributed by atoms with E-state index < -0.39 is 6.10 Å². The monoisotopic (exact) mass is 251 g/mol. The summed E-state index contributed by atoms with van der Waals surface area (Å²) in [6, 6.07) is 6.40. The van der Waals surface area contributed by atoms with Crippen molar-refractivity contribution in [2.24, 2.45) is 0 Å². The summed E-state index contributed by atoms with van der Waals surface area (Å²) in [7, 11) is 0. The van der Waals surface area contributed by atoms with Crippen molar-refractivity contribution in [3.8, 4) is 0 Å². The van der Waals surface area contributed by atoms with Crippen LogP contribution in [0, 0.1) is 5.82 Å². The molecule has 3 heteroatoms. The smallest absolute Gasteiger partial charge is 0.123 e. The van der Waals surface area contributed by atoms with Gasteiger partial charge in [-0.15, -0.1) is 0 Å². The predicted octanol–water partition coefficient (Wildman–Crippen LogP) is 3.12. The van der Waals surface area contributed by atoms with Gasteiger partial charge in [0.2, 0.25) is 0 Å². The number of halogens is 1. The van der Waals surface area contributed by atoms with E-state index in [4.69, 9.17) is 0 Å². The van der Waals surface area contributed by atoms with E-state index in [2.05, 4.69) is 11.8 Å². The number of aliphatic hydroxyl groups excluding tert-OH is 1. The highest BCUT2D eigenvalue weighted by atomic mass is 19.1. The lowest BCUT2D eigenvalue weighted by Crippen LogP contribution is -2.37. The lowest BCUT2D eigenvalue weighted by molar-refractivity contribution is 0.0558. The zero-order valence-corrected chi connectivity index (χ0v) is 11.0. The number of aliphatic hydroxyl groups is 1. The van der Waals surface area contributed by atoms with Gasteiger partial charge in [-0.05, 0) is 50.0 Å². The quantitative estimate of drug-likeness (QED) is 0.869. The van der Waals surface area contributed by atoms with E-state index in [0.29, 0.717) is 0 Å². The average Bonchev–Trinajstić information content (AvgIpc) is 2.90. The summed E-state index contributed by atoms with van der Waals surface area (Å²) < 4.78 is 12.9. The molecule has 0 bridgehead atoms. The Morgan fingerprint density at radius 3 is 2.39 bits per heavy atom. The van der Waals surface area contributed by atoms with Crippen molar-refractivity contribution in [2.75, 3.05) is 13.1 Å². The Morgan fingerprint density at radius 2 is 1.83 bits per heavy atom. The zero-order chi connectivity index (χ0) is 13.0. The molecule has 2 rings (SSSR count). The lowest BCUT2D eigenvalue weighted by atomic mass is 9.97. The van der Waals surface area contributed by atoms with E-state index in [1.165, 1.54) is 25.0 Å². The first-order valence-corrected chi connectivity index (χ1v) is 6.90. The molecular formula is C15H22FNO. The second-order valence-electron chi connectivity index (χ2n) is 5.10. The Labute approximate surface area is 108 Å². The summed E-state index contributed by atoms with van der Waals surface area (Å²) in [5.41, 5.74) is 0.821. The number of nitrogens with zero attached hydrogens (tertiary/aromatic N) is 1. The van der Waals surface area contributed by atoms with E-state index in [1.54, 1.807) is 12.1 Å². The third kappa shape index (κ3) is 3.09. The predicted molar refractivity (Wildman–Crippen MR) is 70.9 cm³/mol. The van der Waals surface area contributed by atoms with Crippen molar-refractivity contribution in [3.05, 3.63) is 35.6 Å². The van der Waals surface area contributed by atoms with E-state index in [1.807, 2.05) is 0 Å². The molecule has 0 saturated carbocycles. The van der Waals surface area contributed by atoms with Gasteiger partial charge < -0.3 is 5.11 Å². The standard InChI is InChI=1S/C15H22FNO/c1-2-5-14(17-10-3-4-11-17)15(18)12-6-8-13(16)9-7-12/h6-9,14-15,18H,2-5,10-11H2,1H3. The molecule has 2 unspecified atom stereocenters. The second-order valence-corrected chi connectivity index (χ2v) is 5.10. The van der Waals surface area contributed by atoms with Crippen LogP contribution in [0.1, 0.15) is 44.3 Å². The van der Waals surface area contributed by atoms with Crippen LogP contribution in [0.15, 0.2) is 24.3 Å². The Morgan fingerprint density at radius 1 is 1.22 bits per heavy atom. The fourth-order valence-corrected chi connectivity index (χ4v) is 2.79. The highest BCUT2D eigenvalue weighted by Crippen LogP contribution is 2.27. The van der Waals surface area contributed by atoms with Gasteiger partial charge in [0.15, 0.2) is 0 Å². The SMILES string of the molecule is CCCC(C(O)c1ccc(F)cc1)N1CCCC1. The molecule has 1 aliphatic heterocycles. The van der Waals surface area contributed by atoms with Crippen LogP contribution >= 0.6 is 0 Å². The Kier molecular flexibility index (Phi) is 4.72. The molecular weight excluding hydrogens is 229 g/mol. The number of likely N-dealkylation sites (tertiary alicyclic amines) is 1. The van der Waals surface area contributed by atoms with Gasteiger partial charge in [-0.3, -0.25) is 4.90 Å². The van der Waals surface area contributed by atoms with Crippen LogP contribution in [-0.4, -0.2) is 29.1 Å². The van der Waals surface area contributed by atoms with Gasteiger partial charge in [0.1, 0.15) is 5.82 Å². The van der Waals surface area contributed by atoms with Gasteiger partial charge in [-0.2, -0.15) is 0 Å². The minimum Gasteiger partial charge on any atom is -0.387 e. The molecule has 18 heavy (non-hydrogen) atoms. The maximum Gasteiger partial charge on any atom is 0.123 e. The fourth-order valence-electron chi connectivity index (χ4n) is 2.79. The van der Waals surface area contributed by atoms with Crippen LogP contribution in [0.5, 0.6) is 0 Å². The minimum absolute atomic E-state index is 0.169. The van der Waals surface area contributed by atoms with Gasteiger partial charge in [-0.1, -0.05) is 25.5 Å². The van der Waals surface area contributed by atoms with Crippen molar-refractivity contribution in [1.82, 2.24) is 4.90 Å². The lowest BCUT2D eigenvalue weighted by Gasteiger charge is -2.31. The third-order valence-corrected chi connectivity index (χ3v) is 3.77. The highest BCUT2D eigenvalue weighted by Gasteiger charge is 2.28. The maximum absolute atomic E-state index is 12.9. The number of hydrogen-bond donors (Lipinski definition) is 1. The van der Waals surface area contributed by atoms with Gasteiger partial charge in [0.25, 0.3) is 0 Å². The molecule has 1 heterocycles. The Hall–Kier alpha value is -0.930. The van der Waals surface area contributed by atoms with E-state index >= 15 is 0 Å². The Bertz CT molecular complexity index is 359. The first kappa shape index (κ1) is 13.5. The normalized spacial score (nSPS) is 19.9. The zero-order valence-electron chi connectivity index (χ0n) is 11.0. The van der Waals surface area contributed by atoms with Crippen LogP contribution in [-0.2, 0) is 0 Å². The first-order valence-electron chi connectivity index (χ1n) is 6.90. The van der Waals surface area contributed by atoms with Crippen LogP contribution < -0.4 is 0 Å². The summed E-state index contributed by atoms with van der Waals surface area (Å²) in [5, 5.41) is 10.5. The van der Waals surface area contributed by atoms with Gasteiger partial charge in [0.05, 0.1) is 6.10 Å². The van der Waals surface area contributed by atoms with Crippen LogP contribution in [0.3, 0.4) is 0 Å². The minimum atomic E-state index is -0.511. The number of benzene rings is 1. The van der Waals surface area contributed by atoms with Crippen molar-refractivity contribution in [2.45, 2.75) is 44.8 Å². The van der Waals surface area contributed by atoms with Crippen LogP contribution in [0.25, 0.3) is 0 Å². The van der Waals surface area contributed by atoms with E-state index in [9.17, 15) is 9.50 Å². The third-order valence-electron chi connectivity index (χ3n) is 3.77. The van der Waals surface area contributed by atoms with Crippen molar-refractivity contribution < 1.29 is 9.50 Å². The first-order chi connectivity index (χ1) is 8.72. The molecule has 1 aliphatic rings. The van der Waals surface area contributed by atoms with Crippen molar-refractivity contribution in [3.63, 3.8) is 0 Å². The van der Waals surface area contributed by atoms with Crippen LogP contribution in [0.2, 0.25) is 0 Å². The largest absolute Gasteiger partial charge is 0.387 e. The Balaban J connectivity index is 2.11. The molecule has 0 aliphatic carbocycles. The molecule has 0 radical (unpaired) electrons.